The van der Waals surface area contributed by atoms with Gasteiger partial charge >= 0.3 is 0 Å². The normalized spacial score (nSPS) is 12.9. The summed E-state index contributed by atoms with van der Waals surface area (Å²) in [6.07, 6.45) is 3.03. The Morgan fingerprint density at radius 3 is 2.74 bits per heavy atom. The Morgan fingerprint density at radius 1 is 1.42 bits per heavy atom. The third-order valence-corrected chi connectivity index (χ3v) is 3.45. The molecule has 0 spiro atoms. The summed E-state index contributed by atoms with van der Waals surface area (Å²) in [5.74, 6) is 0.888. The predicted molar refractivity (Wildman–Crippen MR) is 73.8 cm³/mol. The maximum absolute atomic E-state index is 5.21. The Hall–Kier alpha value is -1.62. The zero-order chi connectivity index (χ0) is 14.0. The fraction of sp³-hybridized carbons (Fsp3) is 0.571. The summed E-state index contributed by atoms with van der Waals surface area (Å²) in [4.78, 5) is 0. The fourth-order valence-corrected chi connectivity index (χ4v) is 2.50. The zero-order valence-electron chi connectivity index (χ0n) is 12.3. The fourth-order valence-electron chi connectivity index (χ4n) is 2.50. The van der Waals surface area contributed by atoms with Crippen LogP contribution in [-0.4, -0.2) is 14.9 Å². The highest BCUT2D eigenvalue weighted by molar-refractivity contribution is 5.25. The van der Waals surface area contributed by atoms with E-state index in [0.717, 1.165) is 35.7 Å². The standard InChI is InChI=1S/C14H22N4O/c1-6-13-12(8-18(5)16-13)7-15-9(2)14-10(3)17-19-11(14)4/h8-9,15H,6-7H2,1-5H3. The van der Waals surface area contributed by atoms with E-state index in [-0.39, 0.29) is 6.04 Å². The SMILES string of the molecule is CCc1nn(C)cc1CNC(C)c1c(C)noc1C. The van der Waals surface area contributed by atoms with E-state index in [9.17, 15) is 0 Å². The van der Waals surface area contributed by atoms with Gasteiger partial charge in [-0.15, -0.1) is 0 Å². The van der Waals surface area contributed by atoms with Crippen LogP contribution in [0.2, 0.25) is 0 Å². The van der Waals surface area contributed by atoms with Gasteiger partial charge in [-0.05, 0) is 27.2 Å². The number of nitrogens with zero attached hydrogens (tertiary/aromatic N) is 3. The van der Waals surface area contributed by atoms with Crippen LogP contribution in [0.1, 0.15) is 48.2 Å². The van der Waals surface area contributed by atoms with Crippen LogP contribution in [0.3, 0.4) is 0 Å². The monoisotopic (exact) mass is 262 g/mol. The molecule has 2 rings (SSSR count). The molecule has 0 saturated heterocycles. The number of rotatable bonds is 5. The van der Waals surface area contributed by atoms with Crippen molar-refractivity contribution >= 4 is 0 Å². The molecule has 0 aliphatic heterocycles. The van der Waals surface area contributed by atoms with Gasteiger partial charge < -0.3 is 9.84 Å². The van der Waals surface area contributed by atoms with Gasteiger partial charge in [0, 0.05) is 37.0 Å². The predicted octanol–water partition coefficient (Wildman–Crippen LogP) is 2.44. The molecule has 2 heterocycles. The zero-order valence-corrected chi connectivity index (χ0v) is 12.3. The van der Waals surface area contributed by atoms with Gasteiger partial charge in [-0.3, -0.25) is 4.68 Å². The molecule has 0 saturated carbocycles. The molecule has 1 N–H and O–H groups in total. The molecule has 0 aromatic carbocycles. The molecule has 0 amide bonds. The molecule has 104 valence electrons. The summed E-state index contributed by atoms with van der Waals surface area (Å²) in [6.45, 7) is 9.00. The minimum atomic E-state index is 0.219. The van der Waals surface area contributed by atoms with Crippen LogP contribution in [0.4, 0.5) is 0 Å². The van der Waals surface area contributed by atoms with E-state index in [0.29, 0.717) is 0 Å². The van der Waals surface area contributed by atoms with Crippen molar-refractivity contribution in [3.8, 4) is 0 Å². The van der Waals surface area contributed by atoms with Crippen LogP contribution in [0.5, 0.6) is 0 Å². The second-order valence-corrected chi connectivity index (χ2v) is 4.97. The Bertz CT molecular complexity index is 536. The summed E-state index contributed by atoms with van der Waals surface area (Å²) in [6, 6.07) is 0.219. The molecular formula is C14H22N4O. The van der Waals surface area contributed by atoms with Gasteiger partial charge in [0.1, 0.15) is 5.76 Å². The first-order chi connectivity index (χ1) is 9.02. The van der Waals surface area contributed by atoms with Crippen LogP contribution < -0.4 is 5.32 Å². The lowest BCUT2D eigenvalue weighted by Gasteiger charge is -2.13. The summed E-state index contributed by atoms with van der Waals surface area (Å²) >= 11 is 0. The Morgan fingerprint density at radius 2 is 2.16 bits per heavy atom. The second-order valence-electron chi connectivity index (χ2n) is 4.97. The average molecular weight is 262 g/mol. The summed E-state index contributed by atoms with van der Waals surface area (Å²) in [5, 5.41) is 12.0. The first-order valence-electron chi connectivity index (χ1n) is 6.70. The Kier molecular flexibility index (Phi) is 4.04. The quantitative estimate of drug-likeness (QED) is 0.899. The molecule has 0 radical (unpaired) electrons. The van der Waals surface area contributed by atoms with E-state index < -0.39 is 0 Å². The third-order valence-electron chi connectivity index (χ3n) is 3.45. The van der Waals surface area contributed by atoms with Crippen molar-refractivity contribution in [2.45, 2.75) is 46.7 Å². The van der Waals surface area contributed by atoms with Gasteiger partial charge in [-0.2, -0.15) is 5.10 Å². The van der Waals surface area contributed by atoms with Crippen molar-refractivity contribution in [1.29, 1.82) is 0 Å². The third kappa shape index (κ3) is 2.87. The second kappa shape index (κ2) is 5.57. The molecule has 0 fully saturated rings. The van der Waals surface area contributed by atoms with Gasteiger partial charge in [-0.1, -0.05) is 12.1 Å². The van der Waals surface area contributed by atoms with Crippen LogP contribution >= 0.6 is 0 Å². The van der Waals surface area contributed by atoms with Gasteiger partial charge in [0.25, 0.3) is 0 Å². The summed E-state index contributed by atoms with van der Waals surface area (Å²) in [5.41, 5.74) is 4.52. The molecule has 2 aromatic heterocycles. The van der Waals surface area contributed by atoms with Gasteiger partial charge in [-0.25, -0.2) is 0 Å². The summed E-state index contributed by atoms with van der Waals surface area (Å²) < 4.78 is 7.08. The van der Waals surface area contributed by atoms with Crippen LogP contribution in [-0.2, 0) is 20.0 Å². The van der Waals surface area contributed by atoms with Crippen molar-refractivity contribution in [3.05, 3.63) is 34.5 Å². The highest BCUT2D eigenvalue weighted by Crippen LogP contribution is 2.21. The molecular weight excluding hydrogens is 240 g/mol. The molecule has 0 bridgehead atoms. The minimum absolute atomic E-state index is 0.219. The molecule has 1 unspecified atom stereocenters. The largest absolute Gasteiger partial charge is 0.361 e. The lowest BCUT2D eigenvalue weighted by Crippen LogP contribution is -2.19. The van der Waals surface area contributed by atoms with Crippen LogP contribution in [0.15, 0.2) is 10.7 Å². The number of hydrogen-bond donors (Lipinski definition) is 1. The summed E-state index contributed by atoms with van der Waals surface area (Å²) in [7, 11) is 1.96. The van der Waals surface area contributed by atoms with Gasteiger partial charge in [0.2, 0.25) is 0 Å². The lowest BCUT2D eigenvalue weighted by atomic mass is 10.1. The Labute approximate surface area is 114 Å². The Balaban J connectivity index is 2.06. The van der Waals surface area contributed by atoms with Crippen molar-refractivity contribution in [3.63, 3.8) is 0 Å². The molecule has 1 atom stereocenters. The molecule has 2 aromatic rings. The van der Waals surface area contributed by atoms with Crippen LogP contribution in [0.25, 0.3) is 0 Å². The van der Waals surface area contributed by atoms with E-state index in [4.69, 9.17) is 4.52 Å². The molecule has 19 heavy (non-hydrogen) atoms. The highest BCUT2D eigenvalue weighted by Gasteiger charge is 2.16. The number of aryl methyl sites for hydroxylation is 4. The number of hydrogen-bond acceptors (Lipinski definition) is 4. The maximum Gasteiger partial charge on any atom is 0.138 e. The van der Waals surface area contributed by atoms with Gasteiger partial charge in [0.15, 0.2) is 0 Å². The van der Waals surface area contributed by atoms with Crippen LogP contribution in [0, 0.1) is 13.8 Å². The van der Waals surface area contributed by atoms with Gasteiger partial charge in [0.05, 0.1) is 11.4 Å². The van der Waals surface area contributed by atoms with Crippen molar-refractivity contribution in [2.24, 2.45) is 7.05 Å². The van der Waals surface area contributed by atoms with Crippen molar-refractivity contribution in [1.82, 2.24) is 20.3 Å². The lowest BCUT2D eigenvalue weighted by molar-refractivity contribution is 0.390. The first-order valence-corrected chi connectivity index (χ1v) is 6.70. The molecule has 0 aliphatic rings. The molecule has 5 heteroatoms. The molecule has 0 aliphatic carbocycles. The van der Waals surface area contributed by atoms with E-state index in [1.54, 1.807) is 0 Å². The van der Waals surface area contributed by atoms with Crippen molar-refractivity contribution < 1.29 is 4.52 Å². The molecule has 5 nitrogen and oxygen atoms in total. The first kappa shape index (κ1) is 13.8. The number of aromatic nitrogens is 3. The van der Waals surface area contributed by atoms with Crippen molar-refractivity contribution in [2.75, 3.05) is 0 Å². The minimum Gasteiger partial charge on any atom is -0.361 e. The highest BCUT2D eigenvalue weighted by atomic mass is 16.5. The topological polar surface area (TPSA) is 55.9 Å². The average Bonchev–Trinajstić information content (AvgIpc) is 2.89. The van der Waals surface area contributed by atoms with E-state index in [1.807, 2.05) is 25.6 Å². The maximum atomic E-state index is 5.21. The number of nitrogens with one attached hydrogen (secondary N) is 1. The van der Waals surface area contributed by atoms with E-state index in [1.165, 1.54) is 5.56 Å². The smallest absolute Gasteiger partial charge is 0.138 e. The van der Waals surface area contributed by atoms with E-state index >= 15 is 0 Å². The van der Waals surface area contributed by atoms with E-state index in [2.05, 4.69) is 35.6 Å².